The standard InChI is InChI=1S/C14H17N3O3S/c1-9-8-21-14(16-9)11(6-15)13(19)10-5-12(18)17(7-10)3-4-20-2/h8,10-11H,3-5,7H2,1-2H3/t10-,11+/m0/s1. The van der Waals surface area contributed by atoms with Crippen LogP contribution in [0.15, 0.2) is 5.38 Å². The number of hydrogen-bond donors (Lipinski definition) is 0. The smallest absolute Gasteiger partial charge is 0.223 e. The number of amides is 1. The molecule has 6 nitrogen and oxygen atoms in total. The maximum Gasteiger partial charge on any atom is 0.223 e. The van der Waals surface area contributed by atoms with Crippen LogP contribution in [0, 0.1) is 24.2 Å². The lowest BCUT2D eigenvalue weighted by atomic mass is 9.93. The van der Waals surface area contributed by atoms with Gasteiger partial charge in [-0.3, -0.25) is 9.59 Å². The van der Waals surface area contributed by atoms with Crippen molar-refractivity contribution in [1.29, 1.82) is 5.26 Å². The first-order valence-electron chi connectivity index (χ1n) is 6.69. The molecule has 7 heteroatoms. The van der Waals surface area contributed by atoms with Crippen LogP contribution in [0.5, 0.6) is 0 Å². The van der Waals surface area contributed by atoms with Gasteiger partial charge in [-0.2, -0.15) is 5.26 Å². The molecule has 0 radical (unpaired) electrons. The molecule has 112 valence electrons. The van der Waals surface area contributed by atoms with E-state index in [1.54, 1.807) is 12.0 Å². The third-order valence-corrected chi connectivity index (χ3v) is 4.51. The maximum absolute atomic E-state index is 12.5. The first-order valence-corrected chi connectivity index (χ1v) is 7.56. The van der Waals surface area contributed by atoms with Gasteiger partial charge in [0.2, 0.25) is 5.91 Å². The minimum Gasteiger partial charge on any atom is -0.383 e. The van der Waals surface area contributed by atoms with Crippen molar-refractivity contribution >= 4 is 23.0 Å². The number of carbonyl (C=O) groups is 2. The Morgan fingerprint density at radius 1 is 1.71 bits per heavy atom. The number of ether oxygens (including phenoxy) is 1. The summed E-state index contributed by atoms with van der Waals surface area (Å²) >= 11 is 1.31. The summed E-state index contributed by atoms with van der Waals surface area (Å²) in [5.41, 5.74) is 0.798. The molecule has 0 unspecified atom stereocenters. The lowest BCUT2D eigenvalue weighted by Gasteiger charge is -2.16. The number of carbonyl (C=O) groups excluding carboxylic acids is 2. The van der Waals surface area contributed by atoms with Gasteiger partial charge in [0, 0.05) is 43.6 Å². The zero-order valence-electron chi connectivity index (χ0n) is 12.0. The Kier molecular flexibility index (Phi) is 5.04. The molecule has 2 rings (SSSR count). The first kappa shape index (κ1) is 15.6. The van der Waals surface area contributed by atoms with Gasteiger partial charge in [-0.25, -0.2) is 4.98 Å². The van der Waals surface area contributed by atoms with E-state index >= 15 is 0 Å². The Morgan fingerprint density at radius 3 is 3.05 bits per heavy atom. The molecule has 2 heterocycles. The van der Waals surface area contributed by atoms with E-state index < -0.39 is 11.8 Å². The Morgan fingerprint density at radius 2 is 2.48 bits per heavy atom. The van der Waals surface area contributed by atoms with Crippen molar-refractivity contribution in [1.82, 2.24) is 9.88 Å². The van der Waals surface area contributed by atoms with Gasteiger partial charge in [-0.1, -0.05) is 0 Å². The normalized spacial score (nSPS) is 19.6. The molecular weight excluding hydrogens is 290 g/mol. The minimum atomic E-state index is -0.871. The highest BCUT2D eigenvalue weighted by Gasteiger charge is 2.38. The highest BCUT2D eigenvalue weighted by Crippen LogP contribution is 2.28. The number of rotatable bonds is 6. The fourth-order valence-corrected chi connectivity index (χ4v) is 3.21. The molecule has 0 N–H and O–H groups in total. The van der Waals surface area contributed by atoms with Crippen LogP contribution in [0.1, 0.15) is 23.0 Å². The van der Waals surface area contributed by atoms with Gasteiger partial charge in [0.1, 0.15) is 5.01 Å². The van der Waals surface area contributed by atoms with E-state index in [1.165, 1.54) is 11.3 Å². The fraction of sp³-hybridized carbons (Fsp3) is 0.571. The van der Waals surface area contributed by atoms with Gasteiger partial charge in [-0.15, -0.1) is 11.3 Å². The van der Waals surface area contributed by atoms with Crippen LogP contribution in [0.25, 0.3) is 0 Å². The van der Waals surface area contributed by atoms with Gasteiger partial charge in [-0.05, 0) is 6.92 Å². The number of nitriles is 1. The SMILES string of the molecule is COCCN1C[C@@H](C(=O)[C@@H](C#N)c2nc(C)cs2)CC1=O. The monoisotopic (exact) mass is 307 g/mol. The number of aromatic nitrogens is 1. The van der Waals surface area contributed by atoms with E-state index in [-0.39, 0.29) is 18.1 Å². The van der Waals surface area contributed by atoms with Crippen LogP contribution in [-0.4, -0.2) is 48.4 Å². The number of thiazole rings is 1. The Labute approximate surface area is 127 Å². The largest absolute Gasteiger partial charge is 0.383 e. The van der Waals surface area contributed by atoms with Crippen LogP contribution < -0.4 is 0 Å². The summed E-state index contributed by atoms with van der Waals surface area (Å²) in [5, 5.41) is 11.6. The number of Topliss-reactive ketones (excluding diaryl/α,β-unsaturated/α-hetero) is 1. The van der Waals surface area contributed by atoms with Gasteiger partial charge < -0.3 is 9.64 Å². The van der Waals surface area contributed by atoms with E-state index in [9.17, 15) is 14.9 Å². The minimum absolute atomic E-state index is 0.0580. The summed E-state index contributed by atoms with van der Waals surface area (Å²) < 4.78 is 4.95. The second kappa shape index (κ2) is 6.78. The highest BCUT2D eigenvalue weighted by atomic mass is 32.1. The predicted octanol–water partition coefficient (Wildman–Crippen LogP) is 1.12. The number of likely N-dealkylation sites (tertiary alicyclic amines) is 1. The number of methoxy groups -OCH3 is 1. The average molecular weight is 307 g/mol. The van der Waals surface area contributed by atoms with E-state index in [1.807, 2.05) is 18.4 Å². The molecular formula is C14H17N3O3S. The summed E-state index contributed by atoms with van der Waals surface area (Å²) in [6.45, 7) is 3.11. The number of ketones is 1. The van der Waals surface area contributed by atoms with E-state index in [2.05, 4.69) is 4.98 Å². The lowest BCUT2D eigenvalue weighted by Crippen LogP contribution is -2.30. The van der Waals surface area contributed by atoms with Crippen LogP contribution >= 0.6 is 11.3 Å². The van der Waals surface area contributed by atoms with Gasteiger partial charge in [0.15, 0.2) is 11.7 Å². The average Bonchev–Trinajstić information content (AvgIpc) is 3.04. The Hall–Kier alpha value is -1.78. The van der Waals surface area contributed by atoms with E-state index in [0.717, 1.165) is 5.69 Å². The summed E-state index contributed by atoms with van der Waals surface area (Å²) in [4.78, 5) is 30.2. The second-order valence-electron chi connectivity index (χ2n) is 5.03. The quantitative estimate of drug-likeness (QED) is 0.786. The molecule has 1 aliphatic rings. The van der Waals surface area contributed by atoms with Crippen molar-refractivity contribution in [2.24, 2.45) is 5.92 Å². The molecule has 0 aromatic carbocycles. The summed E-state index contributed by atoms with van der Waals surface area (Å²) in [6, 6.07) is 2.03. The van der Waals surface area contributed by atoms with Gasteiger partial charge in [0.25, 0.3) is 0 Å². The van der Waals surface area contributed by atoms with Crippen molar-refractivity contribution in [2.45, 2.75) is 19.3 Å². The van der Waals surface area contributed by atoms with Crippen molar-refractivity contribution in [3.05, 3.63) is 16.1 Å². The zero-order valence-corrected chi connectivity index (χ0v) is 12.9. The van der Waals surface area contributed by atoms with Crippen LogP contribution in [0.2, 0.25) is 0 Å². The van der Waals surface area contributed by atoms with Crippen molar-refractivity contribution in [3.8, 4) is 6.07 Å². The Balaban J connectivity index is 2.06. The fourth-order valence-electron chi connectivity index (χ4n) is 2.36. The molecule has 0 spiro atoms. The molecule has 1 saturated heterocycles. The van der Waals surface area contributed by atoms with Crippen LogP contribution in [0.4, 0.5) is 0 Å². The molecule has 1 fully saturated rings. The number of hydrogen-bond acceptors (Lipinski definition) is 6. The molecule has 1 amide bonds. The second-order valence-corrected chi connectivity index (χ2v) is 5.91. The number of aryl methyl sites for hydroxylation is 1. The summed E-state index contributed by atoms with van der Waals surface area (Å²) in [6.07, 6.45) is 0.172. The summed E-state index contributed by atoms with van der Waals surface area (Å²) in [5.74, 6) is -1.57. The predicted molar refractivity (Wildman–Crippen MR) is 76.8 cm³/mol. The highest BCUT2D eigenvalue weighted by molar-refractivity contribution is 7.09. The molecule has 1 aromatic heterocycles. The topological polar surface area (TPSA) is 83.3 Å². The van der Waals surface area contributed by atoms with Gasteiger partial charge in [0.05, 0.1) is 12.7 Å². The molecule has 21 heavy (non-hydrogen) atoms. The molecule has 0 bridgehead atoms. The third-order valence-electron chi connectivity index (χ3n) is 3.48. The van der Waals surface area contributed by atoms with Crippen LogP contribution in [-0.2, 0) is 14.3 Å². The van der Waals surface area contributed by atoms with Crippen LogP contribution in [0.3, 0.4) is 0 Å². The maximum atomic E-state index is 12.5. The Bertz CT molecular complexity index is 578. The molecule has 1 aromatic rings. The van der Waals surface area contributed by atoms with Crippen molar-refractivity contribution in [2.75, 3.05) is 26.8 Å². The third kappa shape index (κ3) is 3.46. The number of nitrogens with zero attached hydrogens (tertiary/aromatic N) is 3. The summed E-state index contributed by atoms with van der Waals surface area (Å²) in [7, 11) is 1.57. The molecule has 2 atom stereocenters. The molecule has 0 saturated carbocycles. The van der Waals surface area contributed by atoms with E-state index in [0.29, 0.717) is 24.7 Å². The first-order chi connectivity index (χ1) is 10.1. The molecule has 1 aliphatic heterocycles. The lowest BCUT2D eigenvalue weighted by molar-refractivity contribution is -0.129. The van der Waals surface area contributed by atoms with Crippen molar-refractivity contribution in [3.63, 3.8) is 0 Å². The van der Waals surface area contributed by atoms with E-state index in [4.69, 9.17) is 4.74 Å². The van der Waals surface area contributed by atoms with Gasteiger partial charge >= 0.3 is 0 Å². The zero-order chi connectivity index (χ0) is 15.4. The van der Waals surface area contributed by atoms with Crippen molar-refractivity contribution < 1.29 is 14.3 Å². The molecule has 0 aliphatic carbocycles.